The van der Waals surface area contributed by atoms with E-state index in [9.17, 15) is 4.79 Å². The lowest BCUT2D eigenvalue weighted by molar-refractivity contribution is 0.216. The van der Waals surface area contributed by atoms with Crippen molar-refractivity contribution in [1.29, 1.82) is 0 Å². The van der Waals surface area contributed by atoms with Crippen LogP contribution in [0.15, 0.2) is 30.3 Å². The van der Waals surface area contributed by atoms with Gasteiger partial charge in [-0.15, -0.1) is 12.4 Å². The van der Waals surface area contributed by atoms with E-state index in [4.69, 9.17) is 5.73 Å². The van der Waals surface area contributed by atoms with Crippen molar-refractivity contribution in [3.8, 4) is 0 Å². The second-order valence-electron chi connectivity index (χ2n) is 5.50. The molecule has 1 aromatic carbocycles. The van der Waals surface area contributed by atoms with Crippen LogP contribution in [0.3, 0.4) is 0 Å². The number of rotatable bonds is 4. The van der Waals surface area contributed by atoms with E-state index in [2.05, 4.69) is 0 Å². The molecule has 1 aliphatic heterocycles. The Morgan fingerprint density at radius 2 is 1.84 bits per heavy atom. The Morgan fingerprint density at radius 3 is 2.42 bits per heavy atom. The first-order valence-corrected chi connectivity index (χ1v) is 6.38. The Hall–Kier alpha value is -1.26. The number of para-hydroxylation sites is 1. The number of benzene rings is 1. The maximum absolute atomic E-state index is 12.2. The highest BCUT2D eigenvalue weighted by Crippen LogP contribution is 2.20. The second-order valence-corrected chi connectivity index (χ2v) is 5.50. The fraction of sp³-hybridized carbons (Fsp3) is 0.500. The van der Waals surface area contributed by atoms with Crippen molar-refractivity contribution in [2.45, 2.75) is 25.8 Å². The van der Waals surface area contributed by atoms with E-state index in [1.807, 2.05) is 54.0 Å². The molecule has 19 heavy (non-hydrogen) atoms. The Kier molecular flexibility index (Phi) is 5.20. The monoisotopic (exact) mass is 283 g/mol. The number of urea groups is 1. The van der Waals surface area contributed by atoms with E-state index in [-0.39, 0.29) is 24.0 Å². The van der Waals surface area contributed by atoms with Gasteiger partial charge in [0.15, 0.2) is 0 Å². The highest BCUT2D eigenvalue weighted by Gasteiger charge is 2.29. The standard InChI is InChI=1S/C14H21N3O.ClH/c1-14(2,15)8-9-16-10-11-17(13(16)18)12-6-4-3-5-7-12;/h3-7H,8-11,15H2,1-2H3;1H. The Bertz CT molecular complexity index is 416. The maximum Gasteiger partial charge on any atom is 0.324 e. The number of nitrogens with zero attached hydrogens (tertiary/aromatic N) is 2. The third-order valence-electron chi connectivity index (χ3n) is 3.19. The maximum atomic E-state index is 12.2. The summed E-state index contributed by atoms with van der Waals surface area (Å²) >= 11 is 0. The largest absolute Gasteiger partial charge is 0.325 e. The lowest BCUT2D eigenvalue weighted by Crippen LogP contribution is -2.39. The summed E-state index contributed by atoms with van der Waals surface area (Å²) in [7, 11) is 0. The second kappa shape index (κ2) is 6.26. The molecule has 4 nitrogen and oxygen atoms in total. The predicted octanol–water partition coefficient (Wildman–Crippen LogP) is 2.48. The van der Waals surface area contributed by atoms with Gasteiger partial charge in [0.05, 0.1) is 0 Å². The van der Waals surface area contributed by atoms with Gasteiger partial charge in [0, 0.05) is 30.9 Å². The van der Waals surface area contributed by atoms with Crippen LogP contribution < -0.4 is 10.6 Å². The number of carbonyl (C=O) groups is 1. The van der Waals surface area contributed by atoms with Crippen molar-refractivity contribution < 1.29 is 4.79 Å². The highest BCUT2D eigenvalue weighted by molar-refractivity contribution is 5.94. The third-order valence-corrected chi connectivity index (χ3v) is 3.19. The van der Waals surface area contributed by atoms with Gasteiger partial charge < -0.3 is 10.6 Å². The Morgan fingerprint density at radius 1 is 1.21 bits per heavy atom. The van der Waals surface area contributed by atoms with Gasteiger partial charge in [-0.05, 0) is 32.4 Å². The molecule has 0 aromatic heterocycles. The Labute approximate surface area is 121 Å². The van der Waals surface area contributed by atoms with Gasteiger partial charge in [0.2, 0.25) is 0 Å². The fourth-order valence-corrected chi connectivity index (χ4v) is 2.06. The van der Waals surface area contributed by atoms with E-state index in [1.165, 1.54) is 0 Å². The molecule has 1 heterocycles. The Balaban J connectivity index is 0.00000180. The number of carbonyl (C=O) groups excluding carboxylic acids is 1. The van der Waals surface area contributed by atoms with Crippen molar-refractivity contribution >= 4 is 24.1 Å². The number of nitrogens with two attached hydrogens (primary N) is 1. The minimum absolute atomic E-state index is 0. The van der Waals surface area contributed by atoms with Gasteiger partial charge in [-0.25, -0.2) is 4.79 Å². The smallest absolute Gasteiger partial charge is 0.324 e. The molecular formula is C14H22ClN3O. The number of hydrogen-bond acceptors (Lipinski definition) is 2. The summed E-state index contributed by atoms with van der Waals surface area (Å²) < 4.78 is 0. The van der Waals surface area contributed by atoms with E-state index < -0.39 is 0 Å². The van der Waals surface area contributed by atoms with Crippen LogP contribution in [0.25, 0.3) is 0 Å². The van der Waals surface area contributed by atoms with Crippen molar-refractivity contribution in [1.82, 2.24) is 4.90 Å². The SMILES string of the molecule is CC(C)(N)CCN1CCN(c2ccccc2)C1=O.Cl. The molecule has 0 spiro atoms. The lowest BCUT2D eigenvalue weighted by Gasteiger charge is -2.23. The zero-order valence-corrected chi connectivity index (χ0v) is 12.3. The molecule has 2 amide bonds. The van der Waals surface area contributed by atoms with E-state index >= 15 is 0 Å². The number of amides is 2. The molecule has 1 aromatic rings. The summed E-state index contributed by atoms with van der Waals surface area (Å²) in [6.45, 7) is 6.24. The summed E-state index contributed by atoms with van der Waals surface area (Å²) in [6.07, 6.45) is 0.821. The van der Waals surface area contributed by atoms with Crippen molar-refractivity contribution in [2.24, 2.45) is 5.73 Å². The van der Waals surface area contributed by atoms with Gasteiger partial charge in [-0.2, -0.15) is 0 Å². The topological polar surface area (TPSA) is 49.6 Å². The van der Waals surface area contributed by atoms with E-state index in [0.717, 1.165) is 31.7 Å². The minimum atomic E-state index is -0.222. The van der Waals surface area contributed by atoms with Crippen molar-refractivity contribution in [3.63, 3.8) is 0 Å². The van der Waals surface area contributed by atoms with Gasteiger partial charge in [0.1, 0.15) is 0 Å². The van der Waals surface area contributed by atoms with Crippen LogP contribution in [0.5, 0.6) is 0 Å². The average molecular weight is 284 g/mol. The lowest BCUT2D eigenvalue weighted by atomic mass is 10.0. The van der Waals surface area contributed by atoms with Crippen LogP contribution >= 0.6 is 12.4 Å². The van der Waals surface area contributed by atoms with E-state index in [0.29, 0.717) is 0 Å². The molecule has 2 rings (SSSR count). The van der Waals surface area contributed by atoms with Gasteiger partial charge >= 0.3 is 6.03 Å². The minimum Gasteiger partial charge on any atom is -0.325 e. The molecule has 1 saturated heterocycles. The average Bonchev–Trinajstić information content (AvgIpc) is 2.68. The molecule has 0 bridgehead atoms. The summed E-state index contributed by atoms with van der Waals surface area (Å²) in [6, 6.07) is 9.88. The zero-order valence-electron chi connectivity index (χ0n) is 11.5. The molecule has 0 atom stereocenters. The van der Waals surface area contributed by atoms with Gasteiger partial charge in [-0.3, -0.25) is 4.90 Å². The molecule has 1 fully saturated rings. The predicted molar refractivity (Wildman–Crippen MR) is 80.9 cm³/mol. The summed E-state index contributed by atoms with van der Waals surface area (Å²) in [5.41, 5.74) is 6.70. The van der Waals surface area contributed by atoms with Gasteiger partial charge in [-0.1, -0.05) is 18.2 Å². The molecule has 2 N–H and O–H groups in total. The first kappa shape index (κ1) is 15.8. The van der Waals surface area contributed by atoms with Crippen molar-refractivity contribution in [2.75, 3.05) is 24.5 Å². The quantitative estimate of drug-likeness (QED) is 0.923. The number of anilines is 1. The third kappa shape index (κ3) is 4.11. The van der Waals surface area contributed by atoms with Crippen LogP contribution in [-0.4, -0.2) is 36.1 Å². The first-order valence-electron chi connectivity index (χ1n) is 6.38. The summed E-state index contributed by atoms with van der Waals surface area (Å²) in [4.78, 5) is 15.9. The number of hydrogen-bond donors (Lipinski definition) is 1. The molecule has 0 unspecified atom stereocenters. The number of halogens is 1. The molecule has 0 radical (unpaired) electrons. The molecule has 1 aliphatic rings. The fourth-order valence-electron chi connectivity index (χ4n) is 2.06. The van der Waals surface area contributed by atoms with E-state index in [1.54, 1.807) is 0 Å². The molecule has 106 valence electrons. The molecule has 0 aliphatic carbocycles. The summed E-state index contributed by atoms with van der Waals surface area (Å²) in [5, 5.41) is 0. The zero-order chi connectivity index (χ0) is 13.2. The summed E-state index contributed by atoms with van der Waals surface area (Å²) in [5.74, 6) is 0. The normalized spacial score (nSPS) is 15.6. The molecule has 5 heteroatoms. The van der Waals surface area contributed by atoms with Crippen molar-refractivity contribution in [3.05, 3.63) is 30.3 Å². The van der Waals surface area contributed by atoms with Gasteiger partial charge in [0.25, 0.3) is 0 Å². The molecule has 0 saturated carbocycles. The van der Waals surface area contributed by atoms with Crippen LogP contribution in [-0.2, 0) is 0 Å². The van der Waals surface area contributed by atoms with Crippen LogP contribution in [0.4, 0.5) is 10.5 Å². The highest BCUT2D eigenvalue weighted by atomic mass is 35.5. The molecular weight excluding hydrogens is 262 g/mol. The van der Waals surface area contributed by atoms with Crippen LogP contribution in [0.1, 0.15) is 20.3 Å². The van der Waals surface area contributed by atoms with Crippen LogP contribution in [0, 0.1) is 0 Å². The first-order chi connectivity index (χ1) is 8.47. The van der Waals surface area contributed by atoms with Crippen LogP contribution in [0.2, 0.25) is 0 Å².